The van der Waals surface area contributed by atoms with E-state index in [2.05, 4.69) is 0 Å². The average molecular weight is 326 g/mol. The fourth-order valence-corrected chi connectivity index (χ4v) is 2.76. The highest BCUT2D eigenvalue weighted by atomic mass is 35.5. The molecule has 0 saturated carbocycles. The van der Waals surface area contributed by atoms with Crippen molar-refractivity contribution in [2.75, 3.05) is 12.8 Å². The SMILES string of the molecule is CS(=O)(=O)c1ccc(Oc2c(Cl)cccc2CCN)cc1. The molecule has 0 radical (unpaired) electrons. The van der Waals surface area contributed by atoms with Gasteiger partial charge < -0.3 is 10.5 Å². The van der Waals surface area contributed by atoms with E-state index in [4.69, 9.17) is 22.1 Å². The van der Waals surface area contributed by atoms with Crippen LogP contribution in [0.4, 0.5) is 0 Å². The van der Waals surface area contributed by atoms with E-state index in [1.807, 2.05) is 12.1 Å². The molecule has 4 nitrogen and oxygen atoms in total. The Kier molecular flexibility index (Phi) is 4.88. The second-order valence-corrected chi connectivity index (χ2v) is 7.04. The highest BCUT2D eigenvalue weighted by Gasteiger charge is 2.11. The van der Waals surface area contributed by atoms with Gasteiger partial charge in [-0.3, -0.25) is 0 Å². The Morgan fingerprint density at radius 1 is 1.14 bits per heavy atom. The Balaban J connectivity index is 2.30. The van der Waals surface area contributed by atoms with Crippen molar-refractivity contribution in [3.05, 3.63) is 53.1 Å². The zero-order chi connectivity index (χ0) is 15.5. The standard InChI is InChI=1S/C15H16ClNO3S/c1-21(18,19)13-7-5-12(6-8-13)20-15-11(9-10-17)3-2-4-14(15)16/h2-8H,9-10,17H2,1H3. The van der Waals surface area contributed by atoms with E-state index < -0.39 is 9.84 Å². The van der Waals surface area contributed by atoms with Gasteiger partial charge in [0.1, 0.15) is 11.5 Å². The first-order chi connectivity index (χ1) is 9.91. The molecule has 2 rings (SSSR count). The lowest BCUT2D eigenvalue weighted by atomic mass is 10.1. The maximum atomic E-state index is 11.4. The number of halogens is 1. The summed E-state index contributed by atoms with van der Waals surface area (Å²) in [5, 5.41) is 0.494. The normalized spacial score (nSPS) is 11.4. The van der Waals surface area contributed by atoms with Crippen LogP contribution >= 0.6 is 11.6 Å². The second-order valence-electron chi connectivity index (χ2n) is 4.61. The molecule has 0 saturated heterocycles. The van der Waals surface area contributed by atoms with Crippen molar-refractivity contribution in [3.8, 4) is 11.5 Å². The molecule has 0 atom stereocenters. The van der Waals surface area contributed by atoms with Crippen LogP contribution in [-0.2, 0) is 16.3 Å². The van der Waals surface area contributed by atoms with Crippen LogP contribution in [0, 0.1) is 0 Å². The first-order valence-electron chi connectivity index (χ1n) is 6.37. The molecule has 2 aromatic rings. The summed E-state index contributed by atoms with van der Waals surface area (Å²) in [6, 6.07) is 11.7. The Hall–Kier alpha value is -1.56. The van der Waals surface area contributed by atoms with E-state index in [1.54, 1.807) is 18.2 Å². The van der Waals surface area contributed by atoms with E-state index in [0.717, 1.165) is 11.8 Å². The number of hydrogen-bond acceptors (Lipinski definition) is 4. The van der Waals surface area contributed by atoms with Crippen LogP contribution in [-0.4, -0.2) is 21.2 Å². The number of sulfone groups is 1. The van der Waals surface area contributed by atoms with Gasteiger partial charge in [-0.15, -0.1) is 0 Å². The number of ether oxygens (including phenoxy) is 1. The zero-order valence-corrected chi connectivity index (χ0v) is 13.1. The van der Waals surface area contributed by atoms with Crippen LogP contribution in [0.1, 0.15) is 5.56 Å². The number of nitrogens with two attached hydrogens (primary N) is 1. The zero-order valence-electron chi connectivity index (χ0n) is 11.5. The highest BCUT2D eigenvalue weighted by molar-refractivity contribution is 7.90. The Morgan fingerprint density at radius 2 is 1.81 bits per heavy atom. The lowest BCUT2D eigenvalue weighted by molar-refractivity contribution is 0.476. The Morgan fingerprint density at radius 3 is 2.38 bits per heavy atom. The molecule has 0 amide bonds. The molecule has 112 valence electrons. The first kappa shape index (κ1) is 15.8. The number of para-hydroxylation sites is 1. The van der Waals surface area contributed by atoms with Crippen LogP contribution in [0.25, 0.3) is 0 Å². The Bertz CT molecular complexity index is 727. The van der Waals surface area contributed by atoms with Gasteiger partial charge in [-0.25, -0.2) is 8.42 Å². The van der Waals surface area contributed by atoms with Gasteiger partial charge in [0.25, 0.3) is 0 Å². The maximum absolute atomic E-state index is 11.4. The first-order valence-corrected chi connectivity index (χ1v) is 8.64. The molecule has 0 aliphatic rings. The summed E-state index contributed by atoms with van der Waals surface area (Å²) in [4.78, 5) is 0.246. The van der Waals surface area contributed by atoms with Gasteiger partial charge in [-0.05, 0) is 48.9 Å². The van der Waals surface area contributed by atoms with Crippen molar-refractivity contribution >= 4 is 21.4 Å². The molecule has 0 spiro atoms. The summed E-state index contributed by atoms with van der Waals surface area (Å²) in [6.45, 7) is 0.490. The molecule has 0 fully saturated rings. The predicted molar refractivity (Wildman–Crippen MR) is 83.8 cm³/mol. The molecule has 0 aromatic heterocycles. The fourth-order valence-electron chi connectivity index (χ4n) is 1.89. The molecule has 2 aromatic carbocycles. The third-order valence-electron chi connectivity index (χ3n) is 2.93. The van der Waals surface area contributed by atoms with Crippen LogP contribution in [0.2, 0.25) is 5.02 Å². The minimum atomic E-state index is -3.22. The van der Waals surface area contributed by atoms with E-state index >= 15 is 0 Å². The Labute approximate surface area is 129 Å². The maximum Gasteiger partial charge on any atom is 0.175 e. The lowest BCUT2D eigenvalue weighted by Crippen LogP contribution is -2.04. The van der Waals surface area contributed by atoms with Crippen molar-refractivity contribution in [1.29, 1.82) is 0 Å². The summed E-state index contributed by atoms with van der Waals surface area (Å²) in [7, 11) is -3.22. The molecule has 0 aliphatic heterocycles. The monoisotopic (exact) mass is 325 g/mol. The highest BCUT2D eigenvalue weighted by Crippen LogP contribution is 2.33. The van der Waals surface area contributed by atoms with Gasteiger partial charge in [-0.2, -0.15) is 0 Å². The molecule has 0 aliphatic carbocycles. The molecule has 21 heavy (non-hydrogen) atoms. The molecule has 0 bridgehead atoms. The van der Waals surface area contributed by atoms with Crippen molar-refractivity contribution in [2.24, 2.45) is 5.73 Å². The summed E-state index contributed by atoms with van der Waals surface area (Å²) in [6.07, 6.45) is 1.81. The van der Waals surface area contributed by atoms with Gasteiger partial charge >= 0.3 is 0 Å². The van der Waals surface area contributed by atoms with Gasteiger partial charge in [0.05, 0.1) is 9.92 Å². The summed E-state index contributed by atoms with van der Waals surface area (Å²) in [5.41, 5.74) is 6.49. The van der Waals surface area contributed by atoms with E-state index in [1.165, 1.54) is 12.1 Å². The van der Waals surface area contributed by atoms with Crippen LogP contribution < -0.4 is 10.5 Å². The number of hydrogen-bond donors (Lipinski definition) is 1. The largest absolute Gasteiger partial charge is 0.456 e. The summed E-state index contributed by atoms with van der Waals surface area (Å²) in [5.74, 6) is 1.07. The minimum Gasteiger partial charge on any atom is -0.456 e. The topological polar surface area (TPSA) is 69.4 Å². The fraction of sp³-hybridized carbons (Fsp3) is 0.200. The number of benzene rings is 2. The van der Waals surface area contributed by atoms with Gasteiger partial charge in [-0.1, -0.05) is 23.7 Å². The third kappa shape index (κ3) is 3.97. The van der Waals surface area contributed by atoms with E-state index in [0.29, 0.717) is 29.5 Å². The molecule has 6 heteroatoms. The van der Waals surface area contributed by atoms with Crippen molar-refractivity contribution in [3.63, 3.8) is 0 Å². The molecular weight excluding hydrogens is 310 g/mol. The van der Waals surface area contributed by atoms with Gasteiger partial charge in [0.2, 0.25) is 0 Å². The summed E-state index contributed by atoms with van der Waals surface area (Å²) < 4.78 is 28.6. The minimum absolute atomic E-state index is 0.246. The molecule has 0 heterocycles. The van der Waals surface area contributed by atoms with Crippen LogP contribution in [0.15, 0.2) is 47.4 Å². The molecular formula is C15H16ClNO3S. The smallest absolute Gasteiger partial charge is 0.175 e. The summed E-state index contributed by atoms with van der Waals surface area (Å²) >= 11 is 6.16. The molecule has 2 N–H and O–H groups in total. The quantitative estimate of drug-likeness (QED) is 0.917. The predicted octanol–water partition coefficient (Wildman–Crippen LogP) is 3.04. The van der Waals surface area contributed by atoms with Crippen molar-refractivity contribution in [1.82, 2.24) is 0 Å². The van der Waals surface area contributed by atoms with Crippen LogP contribution in [0.5, 0.6) is 11.5 Å². The average Bonchev–Trinajstić information content (AvgIpc) is 2.42. The van der Waals surface area contributed by atoms with Gasteiger partial charge in [0, 0.05) is 6.26 Å². The lowest BCUT2D eigenvalue weighted by Gasteiger charge is -2.12. The van der Waals surface area contributed by atoms with Crippen molar-refractivity contribution in [2.45, 2.75) is 11.3 Å². The van der Waals surface area contributed by atoms with E-state index in [9.17, 15) is 8.42 Å². The second kappa shape index (κ2) is 6.47. The third-order valence-corrected chi connectivity index (χ3v) is 4.36. The van der Waals surface area contributed by atoms with Crippen molar-refractivity contribution < 1.29 is 13.2 Å². The number of rotatable bonds is 5. The van der Waals surface area contributed by atoms with E-state index in [-0.39, 0.29) is 4.90 Å². The van der Waals surface area contributed by atoms with Crippen LogP contribution in [0.3, 0.4) is 0 Å². The van der Waals surface area contributed by atoms with Gasteiger partial charge in [0.15, 0.2) is 9.84 Å². The molecule has 0 unspecified atom stereocenters.